The number of halogens is 2. The van der Waals surface area contributed by atoms with Crippen LogP contribution >= 0.6 is 24.0 Å². The van der Waals surface area contributed by atoms with Crippen molar-refractivity contribution in [2.45, 2.75) is 26.2 Å². The number of aryl methyl sites for hydroxylation is 1. The summed E-state index contributed by atoms with van der Waals surface area (Å²) in [6.07, 6.45) is 5.23. The maximum absolute atomic E-state index is 5.90. The van der Waals surface area contributed by atoms with Crippen molar-refractivity contribution in [1.82, 2.24) is 15.3 Å². The number of nitrogens with one attached hydrogen (secondary N) is 1. The predicted molar refractivity (Wildman–Crippen MR) is 74.7 cm³/mol. The van der Waals surface area contributed by atoms with Gasteiger partial charge in [-0.25, -0.2) is 4.98 Å². The van der Waals surface area contributed by atoms with Gasteiger partial charge < -0.3 is 10.1 Å². The molecule has 0 unspecified atom stereocenters. The highest BCUT2D eigenvalue weighted by Crippen LogP contribution is 2.17. The van der Waals surface area contributed by atoms with E-state index in [4.69, 9.17) is 16.3 Å². The van der Waals surface area contributed by atoms with E-state index in [2.05, 4.69) is 15.3 Å². The lowest BCUT2D eigenvalue weighted by molar-refractivity contribution is 0.238. The van der Waals surface area contributed by atoms with Gasteiger partial charge in [-0.2, -0.15) is 4.98 Å². The highest BCUT2D eigenvalue weighted by molar-refractivity contribution is 6.30. The van der Waals surface area contributed by atoms with Gasteiger partial charge in [-0.1, -0.05) is 11.6 Å². The number of aromatic nitrogens is 2. The second kappa shape index (κ2) is 7.77. The molecule has 0 atom stereocenters. The summed E-state index contributed by atoms with van der Waals surface area (Å²) in [6.45, 7) is 4.79. The molecule has 0 amide bonds. The maximum Gasteiger partial charge on any atom is 0.317 e. The minimum absolute atomic E-state index is 0. The molecule has 1 aliphatic heterocycles. The fourth-order valence-corrected chi connectivity index (χ4v) is 2.08. The molecule has 1 aromatic heterocycles. The van der Waals surface area contributed by atoms with Crippen LogP contribution in [0.1, 0.15) is 24.8 Å². The molecule has 102 valence electrons. The van der Waals surface area contributed by atoms with Gasteiger partial charge in [0, 0.05) is 11.8 Å². The second-order valence-corrected chi connectivity index (χ2v) is 4.81. The fourth-order valence-electron chi connectivity index (χ4n) is 1.96. The topological polar surface area (TPSA) is 47.0 Å². The first-order valence-electron chi connectivity index (χ1n) is 6.08. The quantitative estimate of drug-likeness (QED) is 0.867. The van der Waals surface area contributed by atoms with Crippen LogP contribution in [-0.4, -0.2) is 29.7 Å². The van der Waals surface area contributed by atoms with E-state index >= 15 is 0 Å². The highest BCUT2D eigenvalue weighted by Gasteiger charge is 2.13. The molecule has 18 heavy (non-hydrogen) atoms. The van der Waals surface area contributed by atoms with E-state index in [0.29, 0.717) is 17.8 Å². The molecule has 2 rings (SSSR count). The molecule has 0 radical (unpaired) electrons. The molecule has 0 aliphatic carbocycles. The van der Waals surface area contributed by atoms with Gasteiger partial charge in [-0.05, 0) is 45.2 Å². The maximum atomic E-state index is 5.90. The molecule has 0 spiro atoms. The molecule has 1 saturated heterocycles. The molecule has 6 heteroatoms. The summed E-state index contributed by atoms with van der Waals surface area (Å²) in [6, 6.07) is 0.384. The molecule has 1 N–H and O–H groups in total. The summed E-state index contributed by atoms with van der Waals surface area (Å²) in [5, 5.41) is 3.82. The standard InChI is InChI=1S/C12H18ClN3O.ClH/c1-9-8-15-12(16-11(9)13)17-7-4-10-2-5-14-6-3-10;/h8,10,14H,2-7H2,1H3;1H. The fraction of sp³-hybridized carbons (Fsp3) is 0.667. The van der Waals surface area contributed by atoms with Gasteiger partial charge in [-0.3, -0.25) is 0 Å². The van der Waals surface area contributed by atoms with E-state index in [-0.39, 0.29) is 12.4 Å². The van der Waals surface area contributed by atoms with Crippen LogP contribution in [0.5, 0.6) is 6.01 Å². The van der Waals surface area contributed by atoms with Gasteiger partial charge in [0.15, 0.2) is 0 Å². The Balaban J connectivity index is 0.00000162. The Bertz CT molecular complexity index is 370. The van der Waals surface area contributed by atoms with Crippen LogP contribution < -0.4 is 10.1 Å². The van der Waals surface area contributed by atoms with Crippen LogP contribution in [0.3, 0.4) is 0 Å². The Morgan fingerprint density at radius 3 is 2.83 bits per heavy atom. The Labute approximate surface area is 119 Å². The molecule has 0 saturated carbocycles. The molecule has 1 aliphatic rings. The largest absolute Gasteiger partial charge is 0.463 e. The van der Waals surface area contributed by atoms with Crippen molar-refractivity contribution >= 4 is 24.0 Å². The van der Waals surface area contributed by atoms with E-state index < -0.39 is 0 Å². The van der Waals surface area contributed by atoms with E-state index in [9.17, 15) is 0 Å². The van der Waals surface area contributed by atoms with Crippen molar-refractivity contribution in [3.8, 4) is 6.01 Å². The number of piperidine rings is 1. The molecule has 1 aromatic rings. The third-order valence-corrected chi connectivity index (χ3v) is 3.49. The monoisotopic (exact) mass is 291 g/mol. The summed E-state index contributed by atoms with van der Waals surface area (Å²) in [4.78, 5) is 8.17. The number of hydrogen-bond donors (Lipinski definition) is 1. The SMILES string of the molecule is Cc1cnc(OCCC2CCNCC2)nc1Cl.Cl. The van der Waals surface area contributed by atoms with E-state index in [0.717, 1.165) is 31.0 Å². The third kappa shape index (κ3) is 4.59. The van der Waals surface area contributed by atoms with Crippen molar-refractivity contribution in [2.24, 2.45) is 5.92 Å². The molecule has 0 aromatic carbocycles. The van der Waals surface area contributed by atoms with E-state index in [1.165, 1.54) is 12.8 Å². The first kappa shape index (κ1) is 15.5. The van der Waals surface area contributed by atoms with Gasteiger partial charge in [0.05, 0.1) is 6.61 Å². The van der Waals surface area contributed by atoms with Crippen molar-refractivity contribution in [2.75, 3.05) is 19.7 Å². The second-order valence-electron chi connectivity index (χ2n) is 4.46. The number of rotatable bonds is 4. The Morgan fingerprint density at radius 1 is 1.44 bits per heavy atom. The van der Waals surface area contributed by atoms with Crippen LogP contribution in [0.25, 0.3) is 0 Å². The lowest BCUT2D eigenvalue weighted by Gasteiger charge is -2.22. The van der Waals surface area contributed by atoms with E-state index in [1.807, 2.05) is 6.92 Å². The van der Waals surface area contributed by atoms with Crippen LogP contribution in [0.2, 0.25) is 5.15 Å². The molecular weight excluding hydrogens is 273 g/mol. The molecule has 1 fully saturated rings. The molecular formula is C12H19Cl2N3O. The molecule has 0 bridgehead atoms. The highest BCUT2D eigenvalue weighted by atomic mass is 35.5. The average molecular weight is 292 g/mol. The van der Waals surface area contributed by atoms with Gasteiger partial charge in [0.2, 0.25) is 0 Å². The van der Waals surface area contributed by atoms with Crippen molar-refractivity contribution in [3.63, 3.8) is 0 Å². The lowest BCUT2D eigenvalue weighted by atomic mass is 9.95. The summed E-state index contributed by atoms with van der Waals surface area (Å²) < 4.78 is 5.52. The Hall–Kier alpha value is -0.580. The summed E-state index contributed by atoms with van der Waals surface area (Å²) >= 11 is 5.90. The number of ether oxygens (including phenoxy) is 1. The number of hydrogen-bond acceptors (Lipinski definition) is 4. The zero-order chi connectivity index (χ0) is 12.1. The van der Waals surface area contributed by atoms with Gasteiger partial charge in [0.25, 0.3) is 0 Å². The molecule has 4 nitrogen and oxygen atoms in total. The van der Waals surface area contributed by atoms with Gasteiger partial charge >= 0.3 is 6.01 Å². The van der Waals surface area contributed by atoms with Crippen LogP contribution in [-0.2, 0) is 0 Å². The Morgan fingerprint density at radius 2 is 2.17 bits per heavy atom. The van der Waals surface area contributed by atoms with Crippen molar-refractivity contribution in [1.29, 1.82) is 0 Å². The minimum atomic E-state index is 0. The van der Waals surface area contributed by atoms with Crippen LogP contribution in [0.4, 0.5) is 0 Å². The van der Waals surface area contributed by atoms with Gasteiger partial charge in [-0.15, -0.1) is 12.4 Å². The molecule has 2 heterocycles. The normalized spacial score (nSPS) is 16.1. The summed E-state index contributed by atoms with van der Waals surface area (Å²) in [5.41, 5.74) is 0.873. The zero-order valence-corrected chi connectivity index (χ0v) is 12.1. The lowest BCUT2D eigenvalue weighted by Crippen LogP contribution is -2.28. The predicted octanol–water partition coefficient (Wildman–Crippen LogP) is 2.63. The van der Waals surface area contributed by atoms with Crippen molar-refractivity contribution in [3.05, 3.63) is 16.9 Å². The van der Waals surface area contributed by atoms with Crippen LogP contribution in [0.15, 0.2) is 6.20 Å². The summed E-state index contributed by atoms with van der Waals surface area (Å²) in [5.74, 6) is 0.761. The average Bonchev–Trinajstić information content (AvgIpc) is 2.35. The Kier molecular flexibility index (Phi) is 6.68. The first-order chi connectivity index (χ1) is 8.25. The zero-order valence-electron chi connectivity index (χ0n) is 10.5. The van der Waals surface area contributed by atoms with E-state index in [1.54, 1.807) is 6.20 Å². The third-order valence-electron chi connectivity index (χ3n) is 3.10. The minimum Gasteiger partial charge on any atom is -0.463 e. The first-order valence-corrected chi connectivity index (χ1v) is 6.46. The smallest absolute Gasteiger partial charge is 0.317 e. The summed E-state index contributed by atoms with van der Waals surface area (Å²) in [7, 11) is 0. The number of nitrogens with zero attached hydrogens (tertiary/aromatic N) is 2. The van der Waals surface area contributed by atoms with Crippen LogP contribution in [0, 0.1) is 12.8 Å². The van der Waals surface area contributed by atoms with Crippen molar-refractivity contribution < 1.29 is 4.74 Å². The van der Waals surface area contributed by atoms with Gasteiger partial charge in [0.1, 0.15) is 5.15 Å².